The van der Waals surface area contributed by atoms with E-state index >= 15 is 0 Å². The molecule has 3 aromatic carbocycles. The first-order valence-electron chi connectivity index (χ1n) is 8.20. The molecule has 0 aliphatic heterocycles. The number of ether oxygens (including phenoxy) is 1. The van der Waals surface area contributed by atoms with Gasteiger partial charge in [0, 0.05) is 15.6 Å². The van der Waals surface area contributed by atoms with Gasteiger partial charge in [0.05, 0.1) is 5.57 Å². The summed E-state index contributed by atoms with van der Waals surface area (Å²) < 4.78 is 5.90. The summed E-state index contributed by atoms with van der Waals surface area (Å²) in [7, 11) is 0. The van der Waals surface area contributed by atoms with Gasteiger partial charge in [-0.1, -0.05) is 65.7 Å². The molecule has 0 amide bonds. The molecule has 0 aliphatic rings. The predicted molar refractivity (Wildman–Crippen MR) is 109 cm³/mol. The fourth-order valence-electron chi connectivity index (χ4n) is 2.55. The summed E-state index contributed by atoms with van der Waals surface area (Å²) in [6.07, 6.45) is 1.57. The van der Waals surface area contributed by atoms with E-state index in [1.54, 1.807) is 60.7 Å². The molecule has 0 radical (unpaired) electrons. The Kier molecular flexibility index (Phi) is 6.17. The number of hydrogen-bond donors (Lipinski definition) is 1. The lowest BCUT2D eigenvalue weighted by atomic mass is 10.0. The predicted octanol–water partition coefficient (Wildman–Crippen LogP) is 6.20. The highest BCUT2D eigenvalue weighted by Crippen LogP contribution is 2.28. The standard InChI is InChI=1S/C22H16Cl2O3/c23-18-8-6-15(7-9-18)14-27-21-11-10-19(24)12-17(21)13-20(22(25)26)16-4-2-1-3-5-16/h1-13H,14H2,(H,25,26)/b20-13-. The fraction of sp³-hybridized carbons (Fsp3) is 0.0455. The minimum atomic E-state index is -1.02. The van der Waals surface area contributed by atoms with Gasteiger partial charge in [-0.3, -0.25) is 0 Å². The maximum atomic E-state index is 11.8. The van der Waals surface area contributed by atoms with Crippen LogP contribution in [0.25, 0.3) is 11.6 Å². The third-order valence-corrected chi connectivity index (χ3v) is 4.38. The smallest absolute Gasteiger partial charge is 0.336 e. The van der Waals surface area contributed by atoms with E-state index in [0.29, 0.717) is 33.5 Å². The van der Waals surface area contributed by atoms with Crippen LogP contribution < -0.4 is 4.74 Å². The van der Waals surface area contributed by atoms with Gasteiger partial charge in [-0.05, 0) is 47.5 Å². The van der Waals surface area contributed by atoms with E-state index in [4.69, 9.17) is 27.9 Å². The Morgan fingerprint density at radius 3 is 2.26 bits per heavy atom. The third kappa shape index (κ3) is 5.13. The molecule has 0 unspecified atom stereocenters. The lowest BCUT2D eigenvalue weighted by Crippen LogP contribution is -2.01. The second-order valence-electron chi connectivity index (χ2n) is 5.83. The van der Waals surface area contributed by atoms with Crippen LogP contribution in [0.15, 0.2) is 72.8 Å². The molecule has 0 bridgehead atoms. The second-order valence-corrected chi connectivity index (χ2v) is 6.70. The molecule has 0 atom stereocenters. The van der Waals surface area contributed by atoms with E-state index in [1.807, 2.05) is 18.2 Å². The van der Waals surface area contributed by atoms with Crippen molar-refractivity contribution in [2.75, 3.05) is 0 Å². The summed E-state index contributed by atoms with van der Waals surface area (Å²) in [6, 6.07) is 21.4. The highest BCUT2D eigenvalue weighted by molar-refractivity contribution is 6.31. The minimum absolute atomic E-state index is 0.161. The average molecular weight is 399 g/mol. The number of carboxylic acid groups (broad SMARTS) is 1. The molecule has 1 N–H and O–H groups in total. The van der Waals surface area contributed by atoms with Crippen LogP contribution >= 0.6 is 23.2 Å². The summed E-state index contributed by atoms with van der Waals surface area (Å²) in [6.45, 7) is 0.327. The monoisotopic (exact) mass is 398 g/mol. The van der Waals surface area contributed by atoms with Crippen molar-refractivity contribution in [3.8, 4) is 5.75 Å². The first-order valence-corrected chi connectivity index (χ1v) is 8.96. The maximum Gasteiger partial charge on any atom is 0.336 e. The number of halogens is 2. The Morgan fingerprint density at radius 1 is 0.926 bits per heavy atom. The van der Waals surface area contributed by atoms with E-state index in [-0.39, 0.29) is 5.57 Å². The van der Waals surface area contributed by atoms with Gasteiger partial charge < -0.3 is 9.84 Å². The van der Waals surface area contributed by atoms with Gasteiger partial charge in [-0.2, -0.15) is 0 Å². The Bertz CT molecular complexity index is 965. The van der Waals surface area contributed by atoms with Gasteiger partial charge in [0.1, 0.15) is 12.4 Å². The molecule has 0 heterocycles. The molecule has 0 spiro atoms. The SMILES string of the molecule is O=C(O)/C(=C\c1cc(Cl)ccc1OCc1ccc(Cl)cc1)c1ccccc1. The average Bonchev–Trinajstić information content (AvgIpc) is 2.67. The van der Waals surface area contributed by atoms with Crippen LogP contribution in [0.1, 0.15) is 16.7 Å². The topological polar surface area (TPSA) is 46.5 Å². The number of hydrogen-bond acceptors (Lipinski definition) is 2. The van der Waals surface area contributed by atoms with E-state index in [2.05, 4.69) is 0 Å². The zero-order valence-corrected chi connectivity index (χ0v) is 15.7. The first kappa shape index (κ1) is 19.0. The van der Waals surface area contributed by atoms with Crippen LogP contribution in [0.5, 0.6) is 5.75 Å². The number of carbonyl (C=O) groups is 1. The van der Waals surface area contributed by atoms with Crippen molar-refractivity contribution in [1.82, 2.24) is 0 Å². The summed E-state index contributed by atoms with van der Waals surface area (Å²) >= 11 is 12.0. The van der Waals surface area contributed by atoms with Crippen molar-refractivity contribution in [3.63, 3.8) is 0 Å². The summed E-state index contributed by atoms with van der Waals surface area (Å²) in [5.41, 5.74) is 2.31. The Morgan fingerprint density at radius 2 is 1.59 bits per heavy atom. The normalized spacial score (nSPS) is 11.3. The molecular formula is C22H16Cl2O3. The zero-order valence-electron chi connectivity index (χ0n) is 14.2. The Balaban J connectivity index is 1.93. The molecule has 0 fully saturated rings. The van der Waals surface area contributed by atoms with Gasteiger partial charge in [-0.25, -0.2) is 4.79 Å². The van der Waals surface area contributed by atoms with Crippen molar-refractivity contribution >= 4 is 40.8 Å². The number of rotatable bonds is 6. The molecule has 0 aromatic heterocycles. The third-order valence-electron chi connectivity index (χ3n) is 3.89. The van der Waals surface area contributed by atoms with Crippen molar-refractivity contribution in [2.24, 2.45) is 0 Å². The van der Waals surface area contributed by atoms with Gasteiger partial charge in [0.15, 0.2) is 0 Å². The van der Waals surface area contributed by atoms with Crippen LogP contribution in [0, 0.1) is 0 Å². The highest BCUT2D eigenvalue weighted by Gasteiger charge is 2.12. The number of carboxylic acids is 1. The van der Waals surface area contributed by atoms with E-state index in [9.17, 15) is 9.90 Å². The lowest BCUT2D eigenvalue weighted by molar-refractivity contribution is -0.130. The van der Waals surface area contributed by atoms with Crippen LogP contribution in [-0.2, 0) is 11.4 Å². The van der Waals surface area contributed by atoms with Crippen LogP contribution in [0.2, 0.25) is 10.0 Å². The van der Waals surface area contributed by atoms with Gasteiger partial charge >= 0.3 is 5.97 Å². The Labute approximate surface area is 167 Å². The van der Waals surface area contributed by atoms with Crippen LogP contribution in [-0.4, -0.2) is 11.1 Å². The van der Waals surface area contributed by atoms with Gasteiger partial charge in [0.25, 0.3) is 0 Å². The molecule has 136 valence electrons. The largest absolute Gasteiger partial charge is 0.488 e. The van der Waals surface area contributed by atoms with E-state index in [0.717, 1.165) is 5.56 Å². The molecule has 27 heavy (non-hydrogen) atoms. The highest BCUT2D eigenvalue weighted by atomic mass is 35.5. The first-order chi connectivity index (χ1) is 13.0. The van der Waals surface area contributed by atoms with Gasteiger partial charge in [0.2, 0.25) is 0 Å². The van der Waals surface area contributed by atoms with Crippen molar-refractivity contribution in [1.29, 1.82) is 0 Å². The van der Waals surface area contributed by atoms with Crippen LogP contribution in [0.4, 0.5) is 0 Å². The second kappa shape index (κ2) is 8.76. The zero-order chi connectivity index (χ0) is 19.2. The summed E-state index contributed by atoms with van der Waals surface area (Å²) in [5, 5.41) is 10.8. The molecule has 3 nitrogen and oxygen atoms in total. The molecule has 3 aromatic rings. The molecular weight excluding hydrogens is 383 g/mol. The molecule has 0 aliphatic carbocycles. The molecule has 0 saturated carbocycles. The fourth-order valence-corrected chi connectivity index (χ4v) is 2.85. The van der Waals surface area contributed by atoms with Gasteiger partial charge in [-0.15, -0.1) is 0 Å². The summed E-state index contributed by atoms with van der Waals surface area (Å²) in [4.78, 5) is 11.8. The van der Waals surface area contributed by atoms with E-state index in [1.165, 1.54) is 0 Å². The molecule has 0 saturated heterocycles. The molecule has 3 rings (SSSR count). The number of aliphatic carboxylic acids is 1. The maximum absolute atomic E-state index is 11.8. The van der Waals surface area contributed by atoms with Crippen molar-refractivity contribution in [2.45, 2.75) is 6.61 Å². The van der Waals surface area contributed by atoms with Crippen molar-refractivity contribution < 1.29 is 14.6 Å². The number of benzene rings is 3. The Hall–Kier alpha value is -2.75. The lowest BCUT2D eigenvalue weighted by Gasteiger charge is -2.11. The van der Waals surface area contributed by atoms with E-state index < -0.39 is 5.97 Å². The summed E-state index contributed by atoms with van der Waals surface area (Å²) in [5.74, 6) is -0.478. The van der Waals surface area contributed by atoms with Crippen molar-refractivity contribution in [3.05, 3.63) is 99.5 Å². The minimum Gasteiger partial charge on any atom is -0.488 e. The van der Waals surface area contributed by atoms with Crippen LogP contribution in [0.3, 0.4) is 0 Å². The quantitative estimate of drug-likeness (QED) is 0.397. The molecule has 5 heteroatoms.